The van der Waals surface area contributed by atoms with Crippen LogP contribution in [0.2, 0.25) is 0 Å². The highest BCUT2D eigenvalue weighted by Crippen LogP contribution is 2.17. The van der Waals surface area contributed by atoms with E-state index in [1.807, 2.05) is 33.7 Å². The SMILES string of the molecule is C/C=C/C(=O)NCCc1nc2ccccc2n1CC(=O)N1CCOCC1. The fraction of sp³-hybridized carbons (Fsp3) is 0.421. The number of fused-ring (bicyclic) bond motifs is 1. The number of hydrogen-bond donors (Lipinski definition) is 1. The number of nitrogens with zero attached hydrogens (tertiary/aromatic N) is 3. The van der Waals surface area contributed by atoms with Gasteiger partial charge in [-0.3, -0.25) is 9.59 Å². The van der Waals surface area contributed by atoms with E-state index in [9.17, 15) is 9.59 Å². The molecule has 0 saturated carbocycles. The average Bonchev–Trinajstić information content (AvgIpc) is 3.00. The van der Waals surface area contributed by atoms with Gasteiger partial charge in [-0.2, -0.15) is 0 Å². The van der Waals surface area contributed by atoms with Gasteiger partial charge in [0.25, 0.3) is 0 Å². The second-order valence-corrected chi connectivity index (χ2v) is 6.14. The zero-order valence-electron chi connectivity index (χ0n) is 15.0. The van der Waals surface area contributed by atoms with E-state index in [1.165, 1.54) is 6.08 Å². The van der Waals surface area contributed by atoms with Crippen LogP contribution in [0, 0.1) is 0 Å². The van der Waals surface area contributed by atoms with Gasteiger partial charge in [-0.25, -0.2) is 4.98 Å². The summed E-state index contributed by atoms with van der Waals surface area (Å²) in [7, 11) is 0. The third-order valence-electron chi connectivity index (χ3n) is 4.36. The Kier molecular flexibility index (Phi) is 6.01. The van der Waals surface area contributed by atoms with Gasteiger partial charge in [0.15, 0.2) is 0 Å². The molecule has 3 rings (SSSR count). The number of carbonyl (C=O) groups excluding carboxylic acids is 2. The molecule has 138 valence electrons. The van der Waals surface area contributed by atoms with Crippen molar-refractivity contribution in [2.75, 3.05) is 32.8 Å². The summed E-state index contributed by atoms with van der Waals surface area (Å²) < 4.78 is 7.27. The Morgan fingerprint density at radius 1 is 1.27 bits per heavy atom. The minimum absolute atomic E-state index is 0.0654. The lowest BCUT2D eigenvalue weighted by Gasteiger charge is -2.27. The number of para-hydroxylation sites is 2. The smallest absolute Gasteiger partial charge is 0.243 e. The summed E-state index contributed by atoms with van der Waals surface area (Å²) in [5, 5.41) is 2.83. The summed E-state index contributed by atoms with van der Waals surface area (Å²) in [6.07, 6.45) is 3.75. The summed E-state index contributed by atoms with van der Waals surface area (Å²) in [5.41, 5.74) is 1.79. The van der Waals surface area contributed by atoms with E-state index in [4.69, 9.17) is 4.74 Å². The molecule has 0 radical (unpaired) electrons. The summed E-state index contributed by atoms with van der Waals surface area (Å²) in [6.45, 7) is 4.94. The van der Waals surface area contributed by atoms with E-state index in [0.29, 0.717) is 39.3 Å². The van der Waals surface area contributed by atoms with Gasteiger partial charge in [0, 0.05) is 26.1 Å². The Morgan fingerprint density at radius 2 is 2.04 bits per heavy atom. The second-order valence-electron chi connectivity index (χ2n) is 6.14. The van der Waals surface area contributed by atoms with E-state index >= 15 is 0 Å². The molecule has 1 aromatic heterocycles. The number of amides is 2. The maximum Gasteiger partial charge on any atom is 0.243 e. The monoisotopic (exact) mass is 356 g/mol. The number of imidazole rings is 1. The van der Waals surface area contributed by atoms with E-state index < -0.39 is 0 Å². The highest BCUT2D eigenvalue weighted by atomic mass is 16.5. The molecule has 1 aliphatic rings. The van der Waals surface area contributed by atoms with Gasteiger partial charge in [0.1, 0.15) is 12.4 Å². The van der Waals surface area contributed by atoms with Crippen LogP contribution in [0.5, 0.6) is 0 Å². The molecular weight excluding hydrogens is 332 g/mol. The molecule has 2 amide bonds. The summed E-state index contributed by atoms with van der Waals surface area (Å²) in [4.78, 5) is 30.7. The molecule has 1 fully saturated rings. The van der Waals surface area contributed by atoms with Gasteiger partial charge >= 0.3 is 0 Å². The van der Waals surface area contributed by atoms with Crippen molar-refractivity contribution in [3.8, 4) is 0 Å². The van der Waals surface area contributed by atoms with E-state index in [1.54, 1.807) is 13.0 Å². The molecule has 0 atom stereocenters. The standard InChI is InChI=1S/C19H24N4O3/c1-2-5-18(24)20-9-8-17-21-15-6-3-4-7-16(15)23(17)14-19(25)22-10-12-26-13-11-22/h2-7H,8-14H2,1H3,(H,20,24)/b5-2+. The maximum absolute atomic E-state index is 12.7. The quantitative estimate of drug-likeness (QED) is 0.787. The molecular formula is C19H24N4O3. The van der Waals surface area contributed by atoms with Crippen molar-refractivity contribution in [3.63, 3.8) is 0 Å². The van der Waals surface area contributed by atoms with E-state index in [-0.39, 0.29) is 18.4 Å². The van der Waals surface area contributed by atoms with Crippen LogP contribution in [-0.4, -0.2) is 59.1 Å². The number of rotatable bonds is 6. The second kappa shape index (κ2) is 8.62. The molecule has 0 unspecified atom stereocenters. The number of hydrogen-bond acceptors (Lipinski definition) is 4. The first-order chi connectivity index (χ1) is 12.7. The van der Waals surface area contributed by atoms with Gasteiger partial charge in [0.2, 0.25) is 11.8 Å². The number of ether oxygens (including phenoxy) is 1. The predicted molar refractivity (Wildman–Crippen MR) is 98.7 cm³/mol. The minimum Gasteiger partial charge on any atom is -0.378 e. The maximum atomic E-state index is 12.7. The van der Waals surface area contributed by atoms with Gasteiger partial charge in [-0.15, -0.1) is 0 Å². The topological polar surface area (TPSA) is 76.5 Å². The average molecular weight is 356 g/mol. The predicted octanol–water partition coefficient (Wildman–Crippen LogP) is 1.13. The fourth-order valence-electron chi connectivity index (χ4n) is 3.05. The fourth-order valence-corrected chi connectivity index (χ4v) is 3.05. The zero-order chi connectivity index (χ0) is 18.4. The van der Waals surface area contributed by atoms with Crippen molar-refractivity contribution >= 4 is 22.8 Å². The molecule has 1 N–H and O–H groups in total. The van der Waals surface area contributed by atoms with Crippen LogP contribution in [0.15, 0.2) is 36.4 Å². The van der Waals surface area contributed by atoms with Crippen molar-refractivity contribution in [1.29, 1.82) is 0 Å². The van der Waals surface area contributed by atoms with Crippen molar-refractivity contribution in [1.82, 2.24) is 19.8 Å². The van der Waals surface area contributed by atoms with Crippen molar-refractivity contribution in [3.05, 3.63) is 42.2 Å². The lowest BCUT2D eigenvalue weighted by Crippen LogP contribution is -2.42. The van der Waals surface area contributed by atoms with E-state index in [2.05, 4.69) is 10.3 Å². The molecule has 0 bridgehead atoms. The molecule has 1 aliphatic heterocycles. The number of carbonyl (C=O) groups is 2. The molecule has 2 heterocycles. The summed E-state index contributed by atoms with van der Waals surface area (Å²) >= 11 is 0. The number of benzene rings is 1. The molecule has 7 heteroatoms. The van der Waals surface area contributed by atoms with Crippen LogP contribution in [0.1, 0.15) is 12.7 Å². The summed E-state index contributed by atoms with van der Waals surface area (Å²) in [6, 6.07) is 7.78. The first-order valence-corrected chi connectivity index (χ1v) is 8.89. The van der Waals surface area contributed by atoms with E-state index in [0.717, 1.165) is 16.9 Å². The Bertz CT molecular complexity index is 806. The molecule has 2 aromatic rings. The van der Waals surface area contributed by atoms with Crippen LogP contribution in [0.25, 0.3) is 11.0 Å². The van der Waals surface area contributed by atoms with Crippen LogP contribution in [0.3, 0.4) is 0 Å². The molecule has 26 heavy (non-hydrogen) atoms. The third kappa shape index (κ3) is 4.29. The highest BCUT2D eigenvalue weighted by molar-refractivity contribution is 5.87. The zero-order valence-corrected chi connectivity index (χ0v) is 15.0. The third-order valence-corrected chi connectivity index (χ3v) is 4.36. The number of aromatic nitrogens is 2. The van der Waals surface area contributed by atoms with Crippen molar-refractivity contribution < 1.29 is 14.3 Å². The highest BCUT2D eigenvalue weighted by Gasteiger charge is 2.20. The van der Waals surface area contributed by atoms with Crippen LogP contribution < -0.4 is 5.32 Å². The van der Waals surface area contributed by atoms with Gasteiger partial charge in [-0.05, 0) is 25.1 Å². The van der Waals surface area contributed by atoms with Crippen LogP contribution in [-0.2, 0) is 27.3 Å². The largest absolute Gasteiger partial charge is 0.378 e. The summed E-state index contributed by atoms with van der Waals surface area (Å²) in [5.74, 6) is 0.740. The lowest BCUT2D eigenvalue weighted by atomic mass is 10.3. The van der Waals surface area contributed by atoms with Gasteiger partial charge in [-0.1, -0.05) is 18.2 Å². The molecule has 0 aliphatic carbocycles. The molecule has 0 spiro atoms. The van der Waals surface area contributed by atoms with Gasteiger partial charge in [0.05, 0.1) is 24.2 Å². The van der Waals surface area contributed by atoms with Gasteiger partial charge < -0.3 is 19.5 Å². The first-order valence-electron chi connectivity index (χ1n) is 8.89. The minimum atomic E-state index is -0.125. The van der Waals surface area contributed by atoms with Crippen LogP contribution >= 0.6 is 0 Å². The number of allylic oxidation sites excluding steroid dienone is 1. The Balaban J connectivity index is 1.75. The molecule has 7 nitrogen and oxygen atoms in total. The normalized spacial score (nSPS) is 14.9. The first kappa shape index (κ1) is 18.1. The van der Waals surface area contributed by atoms with Crippen LogP contribution in [0.4, 0.5) is 0 Å². The van der Waals surface area contributed by atoms with Crippen molar-refractivity contribution in [2.24, 2.45) is 0 Å². The molecule has 1 aromatic carbocycles. The molecule has 1 saturated heterocycles. The van der Waals surface area contributed by atoms with Crippen molar-refractivity contribution in [2.45, 2.75) is 19.9 Å². The number of morpholine rings is 1. The number of nitrogens with one attached hydrogen (secondary N) is 1. The Labute approximate surface area is 152 Å². The Hall–Kier alpha value is -2.67. The Morgan fingerprint density at radius 3 is 2.81 bits per heavy atom. The lowest BCUT2D eigenvalue weighted by molar-refractivity contribution is -0.135.